The molecule has 130 valence electrons. The molecule has 3 heterocycles. The average molecular weight is 347 g/mol. The smallest absolute Gasteiger partial charge is 0.221 e. The number of nitrogens with zero attached hydrogens (tertiary/aromatic N) is 7. The van der Waals surface area contributed by atoms with Crippen molar-refractivity contribution in [3.63, 3.8) is 0 Å². The van der Waals surface area contributed by atoms with Crippen LogP contribution in [0.15, 0.2) is 47.9 Å². The van der Waals surface area contributed by atoms with Gasteiger partial charge in [-0.1, -0.05) is 22.5 Å². The quantitative estimate of drug-likeness (QED) is 0.407. The van der Waals surface area contributed by atoms with E-state index in [1.807, 2.05) is 38.1 Å². The lowest BCUT2D eigenvalue weighted by atomic mass is 10.1. The molecular weight excluding hydrogens is 330 g/mol. The molecule has 0 atom stereocenters. The SMILES string of the molecule is CCO/N=C(\C)c1cnc2nnn(Cc3ccc4ncccc4c3)c2n1. The van der Waals surface area contributed by atoms with Crippen LogP contribution in [0.3, 0.4) is 0 Å². The van der Waals surface area contributed by atoms with Gasteiger partial charge >= 0.3 is 0 Å². The van der Waals surface area contributed by atoms with Crippen molar-refractivity contribution in [3.05, 3.63) is 54.0 Å². The molecule has 0 unspecified atom stereocenters. The summed E-state index contributed by atoms with van der Waals surface area (Å²) in [5.41, 5.74) is 4.46. The van der Waals surface area contributed by atoms with Gasteiger partial charge in [-0.25, -0.2) is 14.6 Å². The number of hydrogen-bond acceptors (Lipinski definition) is 7. The van der Waals surface area contributed by atoms with Gasteiger partial charge in [0.2, 0.25) is 5.65 Å². The highest BCUT2D eigenvalue weighted by atomic mass is 16.6. The van der Waals surface area contributed by atoms with Crippen LogP contribution in [0.4, 0.5) is 0 Å². The zero-order valence-electron chi connectivity index (χ0n) is 14.5. The Kier molecular flexibility index (Phi) is 4.22. The van der Waals surface area contributed by atoms with Crippen LogP contribution in [0.5, 0.6) is 0 Å². The minimum atomic E-state index is 0.500. The normalized spacial score (nSPS) is 12.0. The van der Waals surface area contributed by atoms with Crippen molar-refractivity contribution < 1.29 is 4.84 Å². The van der Waals surface area contributed by atoms with Crippen molar-refractivity contribution in [2.24, 2.45) is 5.16 Å². The maximum atomic E-state index is 5.09. The van der Waals surface area contributed by atoms with Crippen LogP contribution in [-0.2, 0) is 11.4 Å². The molecule has 0 amide bonds. The molecule has 4 rings (SSSR count). The monoisotopic (exact) mass is 347 g/mol. The van der Waals surface area contributed by atoms with E-state index in [9.17, 15) is 0 Å². The minimum absolute atomic E-state index is 0.500. The molecule has 0 aliphatic rings. The van der Waals surface area contributed by atoms with Gasteiger partial charge in [-0.05, 0) is 37.6 Å². The van der Waals surface area contributed by atoms with Crippen molar-refractivity contribution >= 4 is 27.9 Å². The molecule has 0 N–H and O–H groups in total. The first kappa shape index (κ1) is 16.1. The number of aromatic nitrogens is 6. The molecule has 26 heavy (non-hydrogen) atoms. The lowest BCUT2D eigenvalue weighted by molar-refractivity contribution is 0.159. The van der Waals surface area contributed by atoms with E-state index < -0.39 is 0 Å². The van der Waals surface area contributed by atoms with Crippen molar-refractivity contribution in [1.29, 1.82) is 0 Å². The largest absolute Gasteiger partial charge is 0.396 e. The van der Waals surface area contributed by atoms with E-state index >= 15 is 0 Å². The first-order chi connectivity index (χ1) is 12.7. The Morgan fingerprint density at radius 3 is 3.04 bits per heavy atom. The van der Waals surface area contributed by atoms with Crippen molar-refractivity contribution in [3.8, 4) is 0 Å². The van der Waals surface area contributed by atoms with Crippen molar-refractivity contribution in [2.45, 2.75) is 20.4 Å². The molecule has 0 fully saturated rings. The zero-order valence-corrected chi connectivity index (χ0v) is 14.5. The first-order valence-corrected chi connectivity index (χ1v) is 8.31. The molecule has 0 aliphatic carbocycles. The number of fused-ring (bicyclic) bond motifs is 2. The lowest BCUT2D eigenvalue weighted by Gasteiger charge is -2.05. The number of pyridine rings is 1. The topological polar surface area (TPSA) is 91.0 Å². The number of benzene rings is 1. The number of oxime groups is 1. The minimum Gasteiger partial charge on any atom is -0.396 e. The average Bonchev–Trinajstić information content (AvgIpc) is 3.08. The Labute approximate surface area is 149 Å². The van der Waals surface area contributed by atoms with E-state index in [1.54, 1.807) is 17.1 Å². The Hall–Kier alpha value is -3.42. The van der Waals surface area contributed by atoms with Gasteiger partial charge in [0.25, 0.3) is 0 Å². The summed E-state index contributed by atoms with van der Waals surface area (Å²) in [6.07, 6.45) is 3.41. The molecule has 1 aromatic carbocycles. The molecule has 0 bridgehead atoms. The van der Waals surface area contributed by atoms with Crippen LogP contribution < -0.4 is 0 Å². The van der Waals surface area contributed by atoms with Crippen molar-refractivity contribution in [2.75, 3.05) is 6.61 Å². The molecule has 8 nitrogen and oxygen atoms in total. The predicted molar refractivity (Wildman–Crippen MR) is 97.8 cm³/mol. The highest BCUT2D eigenvalue weighted by Gasteiger charge is 2.11. The van der Waals surface area contributed by atoms with E-state index in [2.05, 4.69) is 36.5 Å². The van der Waals surface area contributed by atoms with Crippen LogP contribution in [0.1, 0.15) is 25.1 Å². The summed E-state index contributed by atoms with van der Waals surface area (Å²) in [5.74, 6) is 0. The zero-order chi connectivity index (χ0) is 17.9. The van der Waals surface area contributed by atoms with Crippen LogP contribution in [-0.4, -0.2) is 42.3 Å². The van der Waals surface area contributed by atoms with Crippen LogP contribution in [0.2, 0.25) is 0 Å². The standard InChI is InChI=1S/C18H17N7O/c1-3-26-23-12(2)16-10-20-17-18(21-16)25(24-22-17)11-13-6-7-15-14(9-13)5-4-8-19-15/h4-10H,3,11H2,1-2H3/b23-12+. The Bertz CT molecular complexity index is 1100. The molecule has 8 heteroatoms. The Balaban J connectivity index is 1.69. The van der Waals surface area contributed by atoms with E-state index in [1.165, 1.54) is 0 Å². The van der Waals surface area contributed by atoms with Gasteiger partial charge in [0.05, 0.1) is 18.3 Å². The highest BCUT2D eigenvalue weighted by molar-refractivity contribution is 5.97. The number of hydrogen-bond donors (Lipinski definition) is 0. The van der Waals surface area contributed by atoms with E-state index in [0.717, 1.165) is 16.5 Å². The first-order valence-electron chi connectivity index (χ1n) is 8.31. The molecule has 0 radical (unpaired) electrons. The fourth-order valence-electron chi connectivity index (χ4n) is 2.64. The summed E-state index contributed by atoms with van der Waals surface area (Å²) < 4.78 is 1.73. The molecular formula is C18H17N7O. The van der Waals surface area contributed by atoms with E-state index in [4.69, 9.17) is 4.84 Å². The second-order valence-electron chi connectivity index (χ2n) is 5.77. The fraction of sp³-hybridized carbons (Fsp3) is 0.222. The molecule has 4 aromatic rings. The predicted octanol–water partition coefficient (Wildman–Crippen LogP) is 2.58. The van der Waals surface area contributed by atoms with Gasteiger partial charge in [-0.15, -0.1) is 5.10 Å². The van der Waals surface area contributed by atoms with Crippen LogP contribution >= 0.6 is 0 Å². The maximum Gasteiger partial charge on any atom is 0.221 e. The molecule has 0 aliphatic heterocycles. The van der Waals surface area contributed by atoms with Gasteiger partial charge in [0, 0.05) is 11.6 Å². The van der Waals surface area contributed by atoms with Gasteiger partial charge in [0.15, 0.2) is 5.65 Å². The fourth-order valence-corrected chi connectivity index (χ4v) is 2.64. The number of rotatable bonds is 5. The van der Waals surface area contributed by atoms with E-state index in [0.29, 0.717) is 35.9 Å². The van der Waals surface area contributed by atoms with Crippen LogP contribution in [0, 0.1) is 0 Å². The summed E-state index contributed by atoms with van der Waals surface area (Å²) >= 11 is 0. The summed E-state index contributed by atoms with van der Waals surface area (Å²) in [5, 5.41) is 13.4. The summed E-state index contributed by atoms with van der Waals surface area (Å²) in [4.78, 5) is 18.3. The second kappa shape index (κ2) is 6.83. The van der Waals surface area contributed by atoms with Gasteiger partial charge in [-0.2, -0.15) is 0 Å². The highest BCUT2D eigenvalue weighted by Crippen LogP contribution is 2.15. The van der Waals surface area contributed by atoms with Gasteiger partial charge in [0.1, 0.15) is 18.0 Å². The third-order valence-corrected chi connectivity index (χ3v) is 3.93. The molecule has 0 saturated heterocycles. The summed E-state index contributed by atoms with van der Waals surface area (Å²) in [7, 11) is 0. The van der Waals surface area contributed by atoms with Crippen LogP contribution in [0.25, 0.3) is 22.2 Å². The third kappa shape index (κ3) is 3.08. The lowest BCUT2D eigenvalue weighted by Crippen LogP contribution is -2.06. The third-order valence-electron chi connectivity index (χ3n) is 3.93. The second-order valence-corrected chi connectivity index (χ2v) is 5.77. The van der Waals surface area contributed by atoms with Gasteiger partial charge < -0.3 is 4.84 Å². The Morgan fingerprint density at radius 2 is 2.15 bits per heavy atom. The van der Waals surface area contributed by atoms with Gasteiger partial charge in [-0.3, -0.25) is 4.98 Å². The summed E-state index contributed by atoms with van der Waals surface area (Å²) in [6.45, 7) is 4.75. The Morgan fingerprint density at radius 1 is 1.23 bits per heavy atom. The molecule has 3 aromatic heterocycles. The maximum absolute atomic E-state index is 5.09. The summed E-state index contributed by atoms with van der Waals surface area (Å²) in [6, 6.07) is 10.1. The van der Waals surface area contributed by atoms with Crippen molar-refractivity contribution in [1.82, 2.24) is 29.9 Å². The van der Waals surface area contributed by atoms with E-state index in [-0.39, 0.29) is 0 Å². The molecule has 0 saturated carbocycles. The molecule has 0 spiro atoms.